The van der Waals surface area contributed by atoms with Gasteiger partial charge in [0.1, 0.15) is 0 Å². The molecule has 0 atom stereocenters. The van der Waals surface area contributed by atoms with Crippen LogP contribution in [0, 0.1) is 0 Å². The van der Waals surface area contributed by atoms with Crippen molar-refractivity contribution in [3.8, 4) is 0 Å². The van der Waals surface area contributed by atoms with Crippen molar-refractivity contribution >= 4 is 10.0 Å². The second-order valence-electron chi connectivity index (χ2n) is 5.36. The number of nitrogens with one attached hydrogen (secondary N) is 3. The van der Waals surface area contributed by atoms with Crippen molar-refractivity contribution in [2.45, 2.75) is 32.7 Å². The topological polar surface area (TPSA) is 86.9 Å². The Morgan fingerprint density at radius 2 is 2.00 bits per heavy atom. The summed E-state index contributed by atoms with van der Waals surface area (Å²) in [4.78, 5) is 0. The molecule has 0 amide bonds. The summed E-state index contributed by atoms with van der Waals surface area (Å²) in [5, 5.41) is 10.2. The van der Waals surface area contributed by atoms with E-state index in [2.05, 4.69) is 41.0 Å². The van der Waals surface area contributed by atoms with E-state index in [1.165, 1.54) is 0 Å². The van der Waals surface area contributed by atoms with Crippen molar-refractivity contribution in [1.29, 1.82) is 0 Å². The van der Waals surface area contributed by atoms with Gasteiger partial charge in [-0.25, -0.2) is 13.1 Å². The molecule has 0 spiro atoms. The van der Waals surface area contributed by atoms with Gasteiger partial charge in [0.2, 0.25) is 10.0 Å². The summed E-state index contributed by atoms with van der Waals surface area (Å²) in [7, 11) is -3.10. The molecule has 0 aliphatic rings. The SMILES string of the molecule is CC(C)(C)c1[nH]ncc1CNCCNS(C)(=O)=O. The van der Waals surface area contributed by atoms with Crippen LogP contribution >= 0.6 is 0 Å². The van der Waals surface area contributed by atoms with Gasteiger partial charge in [0.15, 0.2) is 0 Å². The Balaban J connectivity index is 2.39. The highest BCUT2D eigenvalue weighted by atomic mass is 32.2. The Morgan fingerprint density at radius 3 is 2.56 bits per heavy atom. The predicted molar refractivity (Wildman–Crippen MR) is 71.8 cm³/mol. The molecule has 7 heteroatoms. The largest absolute Gasteiger partial charge is 0.311 e. The Kier molecular flexibility index (Phi) is 4.89. The van der Waals surface area contributed by atoms with Crippen LogP contribution in [0.5, 0.6) is 0 Å². The highest BCUT2D eigenvalue weighted by Crippen LogP contribution is 2.22. The van der Waals surface area contributed by atoms with E-state index in [9.17, 15) is 8.42 Å². The molecular weight excluding hydrogens is 252 g/mol. The second kappa shape index (κ2) is 5.81. The van der Waals surface area contributed by atoms with Crippen molar-refractivity contribution in [3.63, 3.8) is 0 Å². The fourth-order valence-electron chi connectivity index (χ4n) is 1.64. The van der Waals surface area contributed by atoms with Crippen molar-refractivity contribution < 1.29 is 8.42 Å². The quantitative estimate of drug-likeness (QED) is 0.653. The summed E-state index contributed by atoms with van der Waals surface area (Å²) in [6.45, 7) is 8.01. The first kappa shape index (κ1) is 15.1. The molecule has 0 aliphatic carbocycles. The standard InChI is InChI=1S/C11H22N4O2S/c1-11(2,3)10-9(8-13-15-10)7-12-5-6-14-18(4,16)17/h8,12,14H,5-7H2,1-4H3,(H,13,15). The first-order valence-electron chi connectivity index (χ1n) is 5.88. The van der Waals surface area contributed by atoms with Gasteiger partial charge < -0.3 is 5.32 Å². The van der Waals surface area contributed by atoms with Gasteiger partial charge in [-0.3, -0.25) is 5.10 Å². The number of aromatic nitrogens is 2. The summed E-state index contributed by atoms with van der Waals surface area (Å²) < 4.78 is 24.1. The van der Waals surface area contributed by atoms with Gasteiger partial charge in [-0.2, -0.15) is 5.10 Å². The lowest BCUT2D eigenvalue weighted by molar-refractivity contribution is 0.552. The molecule has 0 saturated carbocycles. The van der Waals surface area contributed by atoms with Crippen LogP contribution in [0.4, 0.5) is 0 Å². The number of hydrogen-bond acceptors (Lipinski definition) is 4. The van der Waals surface area contributed by atoms with E-state index in [-0.39, 0.29) is 5.41 Å². The lowest BCUT2D eigenvalue weighted by Crippen LogP contribution is -2.31. The van der Waals surface area contributed by atoms with Gasteiger partial charge in [0.25, 0.3) is 0 Å². The van der Waals surface area contributed by atoms with Crippen LogP contribution in [0.1, 0.15) is 32.0 Å². The predicted octanol–water partition coefficient (Wildman–Crippen LogP) is 0.346. The molecule has 0 aliphatic heterocycles. The van der Waals surface area contributed by atoms with Crippen molar-refractivity contribution in [3.05, 3.63) is 17.5 Å². The van der Waals surface area contributed by atoms with Crippen molar-refractivity contribution in [1.82, 2.24) is 20.2 Å². The minimum Gasteiger partial charge on any atom is -0.311 e. The maximum atomic E-state index is 10.9. The van der Waals surface area contributed by atoms with Crippen molar-refractivity contribution in [2.24, 2.45) is 0 Å². The Bertz CT molecular complexity index is 473. The van der Waals surface area contributed by atoms with Gasteiger partial charge >= 0.3 is 0 Å². The van der Waals surface area contributed by atoms with Crippen LogP contribution in [0.15, 0.2) is 6.20 Å². The van der Waals surface area contributed by atoms with Crippen LogP contribution in [-0.4, -0.2) is 38.0 Å². The maximum Gasteiger partial charge on any atom is 0.208 e. The van der Waals surface area contributed by atoms with Crippen LogP contribution in [0.3, 0.4) is 0 Å². The van der Waals surface area contributed by atoms with Gasteiger partial charge in [-0.05, 0) is 0 Å². The van der Waals surface area contributed by atoms with E-state index < -0.39 is 10.0 Å². The van der Waals surface area contributed by atoms with Gasteiger partial charge in [0, 0.05) is 36.3 Å². The zero-order chi connectivity index (χ0) is 13.8. The number of aromatic amines is 1. The molecule has 104 valence electrons. The third kappa shape index (κ3) is 5.16. The molecule has 1 aromatic rings. The number of H-pyrrole nitrogens is 1. The molecule has 0 saturated heterocycles. The molecule has 18 heavy (non-hydrogen) atoms. The molecule has 0 radical (unpaired) electrons. The second-order valence-corrected chi connectivity index (χ2v) is 7.20. The summed E-state index contributed by atoms with van der Waals surface area (Å²) in [5.74, 6) is 0. The number of nitrogens with zero attached hydrogens (tertiary/aromatic N) is 1. The van der Waals surface area contributed by atoms with E-state index >= 15 is 0 Å². The molecule has 0 bridgehead atoms. The molecule has 1 rings (SSSR count). The first-order valence-corrected chi connectivity index (χ1v) is 7.77. The summed E-state index contributed by atoms with van der Waals surface area (Å²) in [6.07, 6.45) is 2.96. The van der Waals surface area contributed by atoms with Gasteiger partial charge in [-0.1, -0.05) is 20.8 Å². The summed E-state index contributed by atoms with van der Waals surface area (Å²) >= 11 is 0. The highest BCUT2D eigenvalue weighted by molar-refractivity contribution is 7.88. The Morgan fingerprint density at radius 1 is 1.33 bits per heavy atom. The third-order valence-electron chi connectivity index (χ3n) is 2.45. The fourth-order valence-corrected chi connectivity index (χ4v) is 2.12. The average molecular weight is 274 g/mol. The van der Waals surface area contributed by atoms with Gasteiger partial charge in [-0.15, -0.1) is 0 Å². The minimum absolute atomic E-state index is 0.0263. The minimum atomic E-state index is -3.10. The molecule has 0 unspecified atom stereocenters. The van der Waals surface area contributed by atoms with E-state index in [4.69, 9.17) is 0 Å². The van der Waals surface area contributed by atoms with Crippen molar-refractivity contribution in [2.75, 3.05) is 19.3 Å². The highest BCUT2D eigenvalue weighted by Gasteiger charge is 2.19. The normalized spacial score (nSPS) is 12.9. The summed E-state index contributed by atoms with van der Waals surface area (Å²) in [5.41, 5.74) is 2.24. The first-order chi connectivity index (χ1) is 8.20. The number of rotatable bonds is 6. The van der Waals surface area contributed by atoms with Gasteiger partial charge in [0.05, 0.1) is 12.5 Å². The molecular formula is C11H22N4O2S. The van der Waals surface area contributed by atoms with E-state index in [1.807, 2.05) is 0 Å². The molecule has 6 nitrogen and oxygen atoms in total. The molecule has 3 N–H and O–H groups in total. The Hall–Kier alpha value is -0.920. The lowest BCUT2D eigenvalue weighted by atomic mass is 9.89. The molecule has 1 heterocycles. The van der Waals surface area contributed by atoms with Crippen LogP contribution in [0.25, 0.3) is 0 Å². The molecule has 0 fully saturated rings. The number of hydrogen-bond donors (Lipinski definition) is 3. The summed E-state index contributed by atoms with van der Waals surface area (Å²) in [6, 6.07) is 0. The average Bonchev–Trinajstić information content (AvgIpc) is 2.62. The Labute approximate surface area is 109 Å². The van der Waals surface area contributed by atoms with E-state index in [1.54, 1.807) is 6.20 Å². The smallest absolute Gasteiger partial charge is 0.208 e. The lowest BCUT2D eigenvalue weighted by Gasteiger charge is -2.18. The van der Waals surface area contributed by atoms with Crippen LogP contribution in [0.2, 0.25) is 0 Å². The molecule has 1 aromatic heterocycles. The van der Waals surface area contributed by atoms with Crippen LogP contribution < -0.4 is 10.0 Å². The zero-order valence-corrected chi connectivity index (χ0v) is 12.2. The monoisotopic (exact) mass is 274 g/mol. The van der Waals surface area contributed by atoms with Crippen LogP contribution in [-0.2, 0) is 22.0 Å². The third-order valence-corrected chi connectivity index (χ3v) is 3.18. The van der Waals surface area contributed by atoms with E-state index in [0.717, 1.165) is 17.5 Å². The van der Waals surface area contributed by atoms with E-state index in [0.29, 0.717) is 19.6 Å². The molecule has 0 aromatic carbocycles. The number of sulfonamides is 1. The fraction of sp³-hybridized carbons (Fsp3) is 0.727. The maximum absolute atomic E-state index is 10.9. The zero-order valence-electron chi connectivity index (χ0n) is 11.4.